The van der Waals surface area contributed by atoms with Crippen molar-refractivity contribution in [3.05, 3.63) is 66.4 Å². The Kier molecular flexibility index (Phi) is 4.72. The Balaban J connectivity index is 1.85. The van der Waals surface area contributed by atoms with Gasteiger partial charge in [0.15, 0.2) is 0 Å². The summed E-state index contributed by atoms with van der Waals surface area (Å²) < 4.78 is 0. The summed E-state index contributed by atoms with van der Waals surface area (Å²) in [4.78, 5) is 4.67. The molecule has 1 unspecified atom stereocenters. The van der Waals surface area contributed by atoms with Crippen LogP contribution in [0.3, 0.4) is 0 Å². The van der Waals surface area contributed by atoms with E-state index in [9.17, 15) is 5.26 Å². The van der Waals surface area contributed by atoms with Crippen LogP contribution in [-0.2, 0) is 0 Å². The summed E-state index contributed by atoms with van der Waals surface area (Å²) in [5.74, 6) is 0. The molecule has 0 aliphatic carbocycles. The topological polar surface area (TPSA) is 42.3 Å². The number of hydrogen-bond acceptors (Lipinski definition) is 4. The smallest absolute Gasteiger partial charge is 0.123 e. The zero-order valence-corrected chi connectivity index (χ0v) is 14.1. The predicted molar refractivity (Wildman–Crippen MR) is 100 cm³/mol. The Morgan fingerprint density at radius 1 is 1.04 bits per heavy atom. The van der Waals surface area contributed by atoms with Crippen molar-refractivity contribution >= 4 is 17.1 Å². The van der Waals surface area contributed by atoms with Gasteiger partial charge in [-0.25, -0.2) is 0 Å². The molecule has 3 rings (SSSR count). The summed E-state index contributed by atoms with van der Waals surface area (Å²) in [6.45, 7) is 6.11. The SMILES string of the molecule is CCN1c2ccc(C#N)cc2N(CC)C1/C=C/Nc1ccccc1. The number of para-hydroxylation sites is 1. The minimum Gasteiger partial charge on any atom is -0.362 e. The van der Waals surface area contributed by atoms with Crippen LogP contribution in [0.5, 0.6) is 0 Å². The van der Waals surface area contributed by atoms with Crippen molar-refractivity contribution in [3.63, 3.8) is 0 Å². The molecule has 0 saturated heterocycles. The lowest BCUT2D eigenvalue weighted by Crippen LogP contribution is -2.41. The van der Waals surface area contributed by atoms with Gasteiger partial charge in [-0.05, 0) is 50.3 Å². The molecule has 0 saturated carbocycles. The van der Waals surface area contributed by atoms with Crippen LogP contribution >= 0.6 is 0 Å². The second kappa shape index (κ2) is 7.10. The number of rotatable bonds is 5. The Labute approximate surface area is 143 Å². The van der Waals surface area contributed by atoms with Crippen LogP contribution in [0.1, 0.15) is 19.4 Å². The van der Waals surface area contributed by atoms with Crippen LogP contribution in [-0.4, -0.2) is 19.3 Å². The molecule has 1 aliphatic rings. The van der Waals surface area contributed by atoms with Gasteiger partial charge >= 0.3 is 0 Å². The first-order valence-corrected chi connectivity index (χ1v) is 8.34. The molecule has 0 bridgehead atoms. The largest absolute Gasteiger partial charge is 0.362 e. The highest BCUT2D eigenvalue weighted by molar-refractivity contribution is 5.79. The van der Waals surface area contributed by atoms with E-state index in [-0.39, 0.29) is 6.17 Å². The third kappa shape index (κ3) is 2.93. The van der Waals surface area contributed by atoms with Crippen molar-refractivity contribution in [2.24, 2.45) is 0 Å². The average Bonchev–Trinajstić information content (AvgIpc) is 2.94. The number of likely N-dealkylation sites (N-methyl/N-ethyl adjacent to an activating group) is 2. The molecular formula is C20H22N4. The highest BCUT2D eigenvalue weighted by Crippen LogP contribution is 2.40. The molecule has 1 N–H and O–H groups in total. The molecule has 2 aromatic rings. The average molecular weight is 318 g/mol. The zero-order valence-electron chi connectivity index (χ0n) is 14.1. The number of nitrogens with one attached hydrogen (secondary N) is 1. The van der Waals surface area contributed by atoms with Gasteiger partial charge in [0.2, 0.25) is 0 Å². The molecule has 1 atom stereocenters. The van der Waals surface area contributed by atoms with Crippen molar-refractivity contribution in [1.82, 2.24) is 0 Å². The van der Waals surface area contributed by atoms with Crippen molar-refractivity contribution in [2.45, 2.75) is 20.0 Å². The van der Waals surface area contributed by atoms with Gasteiger partial charge in [-0.2, -0.15) is 5.26 Å². The summed E-state index contributed by atoms with van der Waals surface area (Å²) in [7, 11) is 0. The summed E-state index contributed by atoms with van der Waals surface area (Å²) in [6.07, 6.45) is 4.33. The van der Waals surface area contributed by atoms with E-state index in [0.717, 1.165) is 24.5 Å². The van der Waals surface area contributed by atoms with Gasteiger partial charge in [0.1, 0.15) is 6.17 Å². The minimum absolute atomic E-state index is 0.153. The number of nitriles is 1. The van der Waals surface area contributed by atoms with Crippen LogP contribution in [0.25, 0.3) is 0 Å². The second-order valence-corrected chi connectivity index (χ2v) is 5.67. The molecule has 0 fully saturated rings. The van der Waals surface area contributed by atoms with Crippen LogP contribution in [0, 0.1) is 11.3 Å². The Morgan fingerprint density at radius 2 is 1.75 bits per heavy atom. The van der Waals surface area contributed by atoms with E-state index in [1.807, 2.05) is 48.7 Å². The van der Waals surface area contributed by atoms with Crippen molar-refractivity contribution in [1.29, 1.82) is 5.26 Å². The molecule has 2 aromatic carbocycles. The standard InChI is InChI=1S/C20H22N4/c1-3-23-18-11-10-16(15-21)14-19(18)24(4-2)20(23)12-13-22-17-8-6-5-7-9-17/h5-14,20,22H,3-4H2,1-2H3/b13-12+. The van der Waals surface area contributed by atoms with Gasteiger partial charge in [0.25, 0.3) is 0 Å². The molecule has 1 heterocycles. The van der Waals surface area contributed by atoms with E-state index in [0.29, 0.717) is 5.56 Å². The van der Waals surface area contributed by atoms with Crippen LogP contribution < -0.4 is 15.1 Å². The quantitative estimate of drug-likeness (QED) is 0.898. The number of hydrogen-bond donors (Lipinski definition) is 1. The minimum atomic E-state index is 0.153. The normalized spacial score (nSPS) is 16.3. The molecule has 4 nitrogen and oxygen atoms in total. The number of nitrogens with zero attached hydrogens (tertiary/aromatic N) is 3. The predicted octanol–water partition coefficient (Wildman–Crippen LogP) is 4.18. The molecule has 122 valence electrons. The Bertz CT molecular complexity index is 761. The lowest BCUT2D eigenvalue weighted by molar-refractivity contribution is 0.693. The van der Waals surface area contributed by atoms with Gasteiger partial charge < -0.3 is 15.1 Å². The van der Waals surface area contributed by atoms with Crippen molar-refractivity contribution in [3.8, 4) is 6.07 Å². The number of benzene rings is 2. The third-order valence-corrected chi connectivity index (χ3v) is 4.34. The monoisotopic (exact) mass is 318 g/mol. The van der Waals surface area contributed by atoms with E-state index in [1.165, 1.54) is 5.69 Å². The maximum Gasteiger partial charge on any atom is 0.123 e. The first kappa shape index (κ1) is 15.9. The van der Waals surface area contributed by atoms with Crippen molar-refractivity contribution in [2.75, 3.05) is 28.2 Å². The molecular weight excluding hydrogens is 296 g/mol. The molecule has 0 radical (unpaired) electrons. The fourth-order valence-electron chi connectivity index (χ4n) is 3.21. The summed E-state index contributed by atoms with van der Waals surface area (Å²) in [5.41, 5.74) is 4.10. The first-order valence-electron chi connectivity index (χ1n) is 8.34. The molecule has 0 amide bonds. The number of anilines is 3. The van der Waals surface area contributed by atoms with Crippen LogP contribution in [0.4, 0.5) is 17.1 Å². The first-order chi connectivity index (χ1) is 11.8. The van der Waals surface area contributed by atoms with Crippen LogP contribution in [0.2, 0.25) is 0 Å². The van der Waals surface area contributed by atoms with Gasteiger partial charge in [-0.3, -0.25) is 0 Å². The molecule has 0 spiro atoms. The van der Waals surface area contributed by atoms with Gasteiger partial charge in [-0.15, -0.1) is 0 Å². The number of fused-ring (bicyclic) bond motifs is 1. The summed E-state index contributed by atoms with van der Waals surface area (Å²) in [6, 6.07) is 18.3. The molecule has 4 heteroatoms. The van der Waals surface area contributed by atoms with E-state index < -0.39 is 0 Å². The van der Waals surface area contributed by atoms with Gasteiger partial charge in [-0.1, -0.05) is 18.2 Å². The molecule has 0 aromatic heterocycles. The highest BCUT2D eigenvalue weighted by atomic mass is 15.4. The van der Waals surface area contributed by atoms with E-state index >= 15 is 0 Å². The van der Waals surface area contributed by atoms with Gasteiger partial charge in [0.05, 0.1) is 23.0 Å². The third-order valence-electron chi connectivity index (χ3n) is 4.34. The zero-order chi connectivity index (χ0) is 16.9. The lowest BCUT2D eigenvalue weighted by atomic mass is 10.2. The van der Waals surface area contributed by atoms with Crippen molar-refractivity contribution < 1.29 is 0 Å². The lowest BCUT2D eigenvalue weighted by Gasteiger charge is -2.29. The fraction of sp³-hybridized carbons (Fsp3) is 0.250. The van der Waals surface area contributed by atoms with E-state index in [1.54, 1.807) is 0 Å². The van der Waals surface area contributed by atoms with E-state index in [2.05, 4.69) is 47.2 Å². The summed E-state index contributed by atoms with van der Waals surface area (Å²) >= 11 is 0. The maximum absolute atomic E-state index is 9.18. The molecule has 1 aliphatic heterocycles. The summed E-state index contributed by atoms with van der Waals surface area (Å²) in [5, 5.41) is 12.5. The molecule has 24 heavy (non-hydrogen) atoms. The van der Waals surface area contributed by atoms with Crippen LogP contribution in [0.15, 0.2) is 60.8 Å². The maximum atomic E-state index is 9.18. The second-order valence-electron chi connectivity index (χ2n) is 5.67. The van der Waals surface area contributed by atoms with Gasteiger partial charge in [0, 0.05) is 25.0 Å². The Morgan fingerprint density at radius 3 is 2.42 bits per heavy atom. The fourth-order valence-corrected chi connectivity index (χ4v) is 3.21. The van der Waals surface area contributed by atoms with E-state index in [4.69, 9.17) is 0 Å². The highest BCUT2D eigenvalue weighted by Gasteiger charge is 2.32. The Hall–Kier alpha value is -2.93.